The summed E-state index contributed by atoms with van der Waals surface area (Å²) < 4.78 is 4.70. The molecule has 0 aromatic heterocycles. The third-order valence-electron chi connectivity index (χ3n) is 2.30. The van der Waals surface area contributed by atoms with E-state index in [9.17, 15) is 4.79 Å². The molecule has 4 nitrogen and oxygen atoms in total. The number of anilines is 1. The minimum atomic E-state index is -0.469. The number of nitrogens with two attached hydrogens (primary N) is 1. The van der Waals surface area contributed by atoms with Gasteiger partial charge in [0.1, 0.15) is 0 Å². The monoisotopic (exact) mass is 289 g/mol. The second kappa shape index (κ2) is 6.87. The first-order valence-corrected chi connectivity index (χ1v) is 6.77. The number of carbonyl (C=O) groups is 1. The molecule has 0 heterocycles. The Balaban J connectivity index is 3.04. The topological polar surface area (TPSA) is 72.5 Å². The molecule has 18 heavy (non-hydrogen) atoms. The molecule has 1 aromatic rings. The lowest BCUT2D eigenvalue weighted by Gasteiger charge is -2.13. The molecular formula is C12H16ClNO3S. The second-order valence-electron chi connectivity index (χ2n) is 3.97. The molecule has 0 fully saturated rings. The van der Waals surface area contributed by atoms with Gasteiger partial charge in [-0.15, -0.1) is 11.8 Å². The summed E-state index contributed by atoms with van der Waals surface area (Å²) in [6.45, 7) is 2.00. The van der Waals surface area contributed by atoms with E-state index in [4.69, 9.17) is 27.2 Å². The molecule has 0 aliphatic carbocycles. The maximum absolute atomic E-state index is 11.7. The number of thioether (sulfide) groups is 1. The fourth-order valence-electron chi connectivity index (χ4n) is 1.30. The van der Waals surface area contributed by atoms with Crippen molar-refractivity contribution in [2.75, 3.05) is 25.2 Å². The summed E-state index contributed by atoms with van der Waals surface area (Å²) in [5.74, 6) is 0.307. The maximum atomic E-state index is 11.7. The Morgan fingerprint density at radius 1 is 1.61 bits per heavy atom. The molecule has 0 amide bonds. The first-order valence-electron chi connectivity index (χ1n) is 5.40. The zero-order valence-electron chi connectivity index (χ0n) is 10.3. The Morgan fingerprint density at radius 3 is 2.83 bits per heavy atom. The van der Waals surface area contributed by atoms with Crippen LogP contribution in [-0.2, 0) is 4.74 Å². The Morgan fingerprint density at radius 2 is 2.28 bits per heavy atom. The Labute approximate surface area is 115 Å². The van der Waals surface area contributed by atoms with E-state index in [0.29, 0.717) is 26.9 Å². The number of halogens is 1. The van der Waals surface area contributed by atoms with Crippen LogP contribution in [0, 0.1) is 5.92 Å². The molecule has 100 valence electrons. The molecule has 1 rings (SSSR count). The summed E-state index contributed by atoms with van der Waals surface area (Å²) in [6, 6.07) is 3.14. The Bertz CT molecular complexity index is 440. The summed E-state index contributed by atoms with van der Waals surface area (Å²) in [4.78, 5) is 12.3. The van der Waals surface area contributed by atoms with Crippen molar-refractivity contribution in [3.63, 3.8) is 0 Å². The molecule has 0 bridgehead atoms. The van der Waals surface area contributed by atoms with Crippen LogP contribution in [0.2, 0.25) is 5.02 Å². The molecule has 6 heteroatoms. The average Bonchev–Trinajstić information content (AvgIpc) is 2.35. The van der Waals surface area contributed by atoms with Crippen molar-refractivity contribution in [1.82, 2.24) is 0 Å². The number of benzene rings is 1. The summed E-state index contributed by atoms with van der Waals surface area (Å²) >= 11 is 7.50. The highest BCUT2D eigenvalue weighted by Crippen LogP contribution is 2.34. The molecule has 0 saturated carbocycles. The molecule has 0 spiro atoms. The van der Waals surface area contributed by atoms with Crippen LogP contribution in [0.4, 0.5) is 5.69 Å². The van der Waals surface area contributed by atoms with Crippen molar-refractivity contribution in [2.24, 2.45) is 5.92 Å². The highest BCUT2D eigenvalue weighted by molar-refractivity contribution is 7.99. The summed E-state index contributed by atoms with van der Waals surface area (Å²) in [5.41, 5.74) is 6.44. The van der Waals surface area contributed by atoms with Crippen molar-refractivity contribution < 1.29 is 14.6 Å². The van der Waals surface area contributed by atoms with Crippen molar-refractivity contribution in [3.05, 3.63) is 22.7 Å². The normalized spacial score (nSPS) is 12.2. The van der Waals surface area contributed by atoms with Crippen molar-refractivity contribution in [1.29, 1.82) is 0 Å². The fourth-order valence-corrected chi connectivity index (χ4v) is 2.74. The zero-order chi connectivity index (χ0) is 13.7. The van der Waals surface area contributed by atoms with Crippen LogP contribution < -0.4 is 5.73 Å². The molecule has 0 saturated heterocycles. The minimum Gasteiger partial charge on any atom is -0.465 e. The zero-order valence-corrected chi connectivity index (χ0v) is 11.8. The van der Waals surface area contributed by atoms with Gasteiger partial charge in [0.2, 0.25) is 0 Å². The number of ether oxygens (including phenoxy) is 1. The van der Waals surface area contributed by atoms with Crippen LogP contribution in [0.25, 0.3) is 0 Å². The van der Waals surface area contributed by atoms with E-state index in [-0.39, 0.29) is 12.5 Å². The van der Waals surface area contributed by atoms with Crippen molar-refractivity contribution >= 4 is 35.0 Å². The summed E-state index contributed by atoms with van der Waals surface area (Å²) in [5, 5.41) is 9.41. The lowest BCUT2D eigenvalue weighted by molar-refractivity contribution is 0.0597. The number of rotatable bonds is 5. The number of methoxy groups -OCH3 is 1. The van der Waals surface area contributed by atoms with Crippen LogP contribution >= 0.6 is 23.4 Å². The van der Waals surface area contributed by atoms with Gasteiger partial charge in [-0.1, -0.05) is 18.5 Å². The van der Waals surface area contributed by atoms with Crippen LogP contribution in [0.1, 0.15) is 17.3 Å². The molecule has 3 N–H and O–H groups in total. The predicted octanol–water partition coefficient (Wildman–Crippen LogP) is 2.43. The number of aliphatic hydroxyl groups excluding tert-OH is 1. The smallest absolute Gasteiger partial charge is 0.339 e. The maximum Gasteiger partial charge on any atom is 0.339 e. The molecule has 0 aliphatic rings. The lowest BCUT2D eigenvalue weighted by atomic mass is 10.2. The third-order valence-corrected chi connectivity index (χ3v) is 4.17. The van der Waals surface area contributed by atoms with Gasteiger partial charge in [0.05, 0.1) is 17.7 Å². The summed E-state index contributed by atoms with van der Waals surface area (Å²) in [7, 11) is 1.31. The van der Waals surface area contributed by atoms with Crippen LogP contribution in [-0.4, -0.2) is 30.5 Å². The summed E-state index contributed by atoms with van der Waals surface area (Å²) in [6.07, 6.45) is 0. The highest BCUT2D eigenvalue weighted by atomic mass is 35.5. The lowest BCUT2D eigenvalue weighted by Crippen LogP contribution is -2.07. The van der Waals surface area contributed by atoms with Gasteiger partial charge in [-0.2, -0.15) is 0 Å². The van der Waals surface area contributed by atoms with E-state index in [1.54, 1.807) is 12.1 Å². The van der Waals surface area contributed by atoms with Crippen molar-refractivity contribution in [2.45, 2.75) is 11.8 Å². The molecule has 1 atom stereocenters. The number of hydrogen-bond acceptors (Lipinski definition) is 5. The van der Waals surface area contributed by atoms with Gasteiger partial charge in [-0.3, -0.25) is 0 Å². The van der Waals surface area contributed by atoms with Gasteiger partial charge in [-0.05, 0) is 18.1 Å². The molecule has 1 aromatic carbocycles. The first kappa shape index (κ1) is 15.1. The highest BCUT2D eigenvalue weighted by Gasteiger charge is 2.17. The minimum absolute atomic E-state index is 0.0904. The number of aliphatic hydroxyl groups is 1. The van der Waals surface area contributed by atoms with Crippen LogP contribution in [0.3, 0.4) is 0 Å². The predicted molar refractivity (Wildman–Crippen MR) is 74.2 cm³/mol. The third kappa shape index (κ3) is 3.80. The van der Waals surface area contributed by atoms with Gasteiger partial charge in [0.25, 0.3) is 0 Å². The van der Waals surface area contributed by atoms with E-state index >= 15 is 0 Å². The van der Waals surface area contributed by atoms with Gasteiger partial charge >= 0.3 is 5.97 Å². The second-order valence-corrected chi connectivity index (χ2v) is 5.41. The van der Waals surface area contributed by atoms with Crippen molar-refractivity contribution in [3.8, 4) is 0 Å². The number of hydrogen-bond donors (Lipinski definition) is 2. The Hall–Kier alpha value is -0.910. The van der Waals surface area contributed by atoms with Crippen LogP contribution in [0.5, 0.6) is 0 Å². The molecular weight excluding hydrogens is 274 g/mol. The molecule has 0 radical (unpaired) electrons. The number of nitrogen functional groups attached to an aromatic ring is 1. The van der Waals surface area contributed by atoms with E-state index in [1.807, 2.05) is 6.92 Å². The fraction of sp³-hybridized carbons (Fsp3) is 0.417. The Kier molecular flexibility index (Phi) is 5.78. The first-order chi connectivity index (χ1) is 8.49. The van der Waals surface area contributed by atoms with Gasteiger partial charge in [-0.25, -0.2) is 4.79 Å². The largest absolute Gasteiger partial charge is 0.465 e. The molecule has 0 aliphatic heterocycles. The molecule has 1 unspecified atom stereocenters. The number of esters is 1. The standard InChI is InChI=1S/C12H16ClNO3S/c1-7(5-15)6-18-11-9(12(16)17-2)3-8(14)4-10(11)13/h3-4,7,15H,5-6,14H2,1-2H3. The van der Waals surface area contributed by atoms with Gasteiger partial charge < -0.3 is 15.6 Å². The van der Waals surface area contributed by atoms with Gasteiger partial charge in [0, 0.05) is 22.9 Å². The van der Waals surface area contributed by atoms with E-state index in [1.165, 1.54) is 18.9 Å². The van der Waals surface area contributed by atoms with E-state index in [2.05, 4.69) is 0 Å². The van der Waals surface area contributed by atoms with E-state index in [0.717, 1.165) is 0 Å². The quantitative estimate of drug-likeness (QED) is 0.495. The van der Waals surface area contributed by atoms with Gasteiger partial charge in [0.15, 0.2) is 0 Å². The van der Waals surface area contributed by atoms with E-state index < -0.39 is 5.97 Å². The SMILES string of the molecule is COC(=O)c1cc(N)cc(Cl)c1SCC(C)CO. The van der Waals surface area contributed by atoms with Crippen LogP contribution in [0.15, 0.2) is 17.0 Å². The number of carbonyl (C=O) groups excluding carboxylic acids is 1. The average molecular weight is 290 g/mol.